The van der Waals surface area contributed by atoms with Gasteiger partial charge in [-0.2, -0.15) is 0 Å². The van der Waals surface area contributed by atoms with Crippen molar-refractivity contribution in [2.45, 2.75) is 13.3 Å². The van der Waals surface area contributed by atoms with Crippen molar-refractivity contribution in [2.75, 3.05) is 40.1 Å². The van der Waals surface area contributed by atoms with Gasteiger partial charge in [-0.25, -0.2) is 0 Å². The smallest absolute Gasteiger partial charge is 0.0235 e. The van der Waals surface area contributed by atoms with Crippen molar-refractivity contribution >= 4 is 11.6 Å². The third-order valence-corrected chi connectivity index (χ3v) is 1.18. The molecular weight excluding hydrogens is 184 g/mol. The Bertz CT molecular complexity index is 111. The van der Waals surface area contributed by atoms with Crippen molar-refractivity contribution in [3.63, 3.8) is 0 Å². The quantitative estimate of drug-likeness (QED) is 0.420. The van der Waals surface area contributed by atoms with Gasteiger partial charge in [-0.15, -0.1) is 11.6 Å². The summed E-state index contributed by atoms with van der Waals surface area (Å²) in [6.07, 6.45) is 1.04. The molecule has 0 saturated heterocycles. The summed E-state index contributed by atoms with van der Waals surface area (Å²) in [6, 6.07) is 0. The van der Waals surface area contributed by atoms with Crippen molar-refractivity contribution in [3.05, 3.63) is 12.2 Å². The summed E-state index contributed by atoms with van der Waals surface area (Å²) in [5.74, 6) is 0.739. The van der Waals surface area contributed by atoms with Gasteiger partial charge in [-0.05, 0) is 41.0 Å². The number of halogens is 1. The van der Waals surface area contributed by atoms with Gasteiger partial charge in [0.05, 0.1) is 0 Å². The zero-order valence-electron chi connectivity index (χ0n) is 9.36. The van der Waals surface area contributed by atoms with Crippen LogP contribution in [0, 0.1) is 0 Å². The molecule has 0 aliphatic carbocycles. The molecule has 0 rings (SSSR count). The SMILES string of the molecule is C=C(C)CNCCCCl.CN(C)C. The molecule has 0 aliphatic heterocycles. The maximum Gasteiger partial charge on any atom is 0.0235 e. The van der Waals surface area contributed by atoms with Crippen LogP contribution in [0.2, 0.25) is 0 Å². The Kier molecular flexibility index (Phi) is 14.2. The molecule has 0 aliphatic rings. The van der Waals surface area contributed by atoms with Gasteiger partial charge in [0, 0.05) is 12.4 Å². The molecule has 1 N–H and O–H groups in total. The average molecular weight is 207 g/mol. The molecule has 0 aromatic carbocycles. The van der Waals surface area contributed by atoms with Crippen LogP contribution in [-0.4, -0.2) is 45.0 Å². The first-order valence-electron chi connectivity index (χ1n) is 4.52. The molecule has 0 fully saturated rings. The second kappa shape index (κ2) is 11.9. The van der Waals surface area contributed by atoms with E-state index in [1.54, 1.807) is 0 Å². The molecule has 0 saturated carbocycles. The molecule has 0 aromatic heterocycles. The van der Waals surface area contributed by atoms with Crippen molar-refractivity contribution in [3.8, 4) is 0 Å². The van der Waals surface area contributed by atoms with Crippen LogP contribution in [0.5, 0.6) is 0 Å². The summed E-state index contributed by atoms with van der Waals surface area (Å²) in [7, 11) is 6.00. The van der Waals surface area contributed by atoms with Crippen LogP contribution in [0.4, 0.5) is 0 Å². The van der Waals surface area contributed by atoms with Crippen LogP contribution < -0.4 is 5.32 Å². The zero-order valence-corrected chi connectivity index (χ0v) is 10.1. The van der Waals surface area contributed by atoms with Crippen LogP contribution in [0.25, 0.3) is 0 Å². The lowest BCUT2D eigenvalue weighted by Gasteiger charge is -2.00. The topological polar surface area (TPSA) is 15.3 Å². The summed E-state index contributed by atoms with van der Waals surface area (Å²) in [6.45, 7) is 7.67. The van der Waals surface area contributed by atoms with E-state index in [1.807, 2.05) is 33.0 Å². The van der Waals surface area contributed by atoms with E-state index in [1.165, 1.54) is 5.57 Å². The van der Waals surface area contributed by atoms with Crippen molar-refractivity contribution < 1.29 is 0 Å². The minimum atomic E-state index is 0.739. The van der Waals surface area contributed by atoms with Gasteiger partial charge in [0.2, 0.25) is 0 Å². The summed E-state index contributed by atoms with van der Waals surface area (Å²) in [5, 5.41) is 3.20. The van der Waals surface area contributed by atoms with E-state index in [0.29, 0.717) is 0 Å². The van der Waals surface area contributed by atoms with Gasteiger partial charge in [0.1, 0.15) is 0 Å². The number of nitrogens with one attached hydrogen (secondary N) is 1. The molecule has 13 heavy (non-hydrogen) atoms. The number of hydrogen-bond donors (Lipinski definition) is 1. The highest BCUT2D eigenvalue weighted by Gasteiger charge is 1.84. The fourth-order valence-corrected chi connectivity index (χ4v) is 0.627. The lowest BCUT2D eigenvalue weighted by atomic mass is 10.3. The van der Waals surface area contributed by atoms with E-state index in [9.17, 15) is 0 Å². The molecule has 0 bridgehead atoms. The van der Waals surface area contributed by atoms with Gasteiger partial charge in [0.25, 0.3) is 0 Å². The maximum absolute atomic E-state index is 5.45. The maximum atomic E-state index is 5.45. The molecule has 0 aromatic rings. The molecule has 0 unspecified atom stereocenters. The number of nitrogens with zero attached hydrogens (tertiary/aromatic N) is 1. The second-order valence-corrected chi connectivity index (χ2v) is 3.90. The van der Waals surface area contributed by atoms with Gasteiger partial charge >= 0.3 is 0 Å². The molecule has 0 heterocycles. The van der Waals surface area contributed by atoms with Crippen LogP contribution in [0.15, 0.2) is 12.2 Å². The second-order valence-electron chi connectivity index (χ2n) is 3.52. The van der Waals surface area contributed by atoms with Crippen LogP contribution >= 0.6 is 11.6 Å². The highest BCUT2D eigenvalue weighted by atomic mass is 35.5. The van der Waals surface area contributed by atoms with Crippen molar-refractivity contribution in [2.24, 2.45) is 0 Å². The molecule has 2 nitrogen and oxygen atoms in total. The summed E-state index contributed by atoms with van der Waals surface area (Å²) >= 11 is 5.45. The van der Waals surface area contributed by atoms with E-state index in [0.717, 1.165) is 25.4 Å². The normalized spacial score (nSPS) is 9.38. The largest absolute Gasteiger partial charge is 0.313 e. The number of rotatable bonds is 5. The van der Waals surface area contributed by atoms with Gasteiger partial charge < -0.3 is 10.2 Å². The molecule has 0 radical (unpaired) electrons. The van der Waals surface area contributed by atoms with Gasteiger partial charge in [-0.1, -0.05) is 12.2 Å². The molecule has 0 amide bonds. The molecular formula is C10H23ClN2. The highest BCUT2D eigenvalue weighted by molar-refractivity contribution is 6.17. The Labute approximate surface area is 88.0 Å². The summed E-state index contributed by atoms with van der Waals surface area (Å²) in [4.78, 5) is 2.00. The monoisotopic (exact) mass is 206 g/mol. The molecule has 0 atom stereocenters. The predicted molar refractivity (Wildman–Crippen MR) is 62.6 cm³/mol. The summed E-state index contributed by atoms with van der Waals surface area (Å²) in [5.41, 5.74) is 1.17. The van der Waals surface area contributed by atoms with E-state index in [2.05, 4.69) is 11.9 Å². The third kappa shape index (κ3) is 33.4. The lowest BCUT2D eigenvalue weighted by Crippen LogP contribution is -2.17. The van der Waals surface area contributed by atoms with E-state index in [-0.39, 0.29) is 0 Å². The van der Waals surface area contributed by atoms with Crippen LogP contribution in [0.1, 0.15) is 13.3 Å². The molecule has 80 valence electrons. The fraction of sp³-hybridized carbons (Fsp3) is 0.800. The van der Waals surface area contributed by atoms with Crippen LogP contribution in [0.3, 0.4) is 0 Å². The lowest BCUT2D eigenvalue weighted by molar-refractivity contribution is 0.505. The van der Waals surface area contributed by atoms with Gasteiger partial charge in [0.15, 0.2) is 0 Å². The third-order valence-electron chi connectivity index (χ3n) is 0.914. The van der Waals surface area contributed by atoms with E-state index in [4.69, 9.17) is 11.6 Å². The number of alkyl halides is 1. The van der Waals surface area contributed by atoms with E-state index < -0.39 is 0 Å². The zero-order chi connectivity index (χ0) is 10.7. The highest BCUT2D eigenvalue weighted by Crippen LogP contribution is 1.84. The van der Waals surface area contributed by atoms with Crippen molar-refractivity contribution in [1.29, 1.82) is 0 Å². The Balaban J connectivity index is 0. The van der Waals surface area contributed by atoms with Crippen LogP contribution in [-0.2, 0) is 0 Å². The Morgan fingerprint density at radius 1 is 1.38 bits per heavy atom. The molecule has 0 spiro atoms. The van der Waals surface area contributed by atoms with E-state index >= 15 is 0 Å². The molecule has 3 heteroatoms. The fourth-order valence-electron chi connectivity index (χ4n) is 0.494. The minimum Gasteiger partial charge on any atom is -0.313 e. The summed E-state index contributed by atoms with van der Waals surface area (Å²) < 4.78 is 0. The Hall–Kier alpha value is -0.0500. The number of hydrogen-bond acceptors (Lipinski definition) is 2. The first-order valence-corrected chi connectivity index (χ1v) is 5.06. The van der Waals surface area contributed by atoms with Gasteiger partial charge in [-0.3, -0.25) is 0 Å². The Morgan fingerprint density at radius 3 is 2.15 bits per heavy atom. The Morgan fingerprint density at radius 2 is 1.85 bits per heavy atom. The first kappa shape index (κ1) is 15.4. The average Bonchev–Trinajstić information content (AvgIpc) is 1.97. The van der Waals surface area contributed by atoms with Crippen molar-refractivity contribution in [1.82, 2.24) is 10.2 Å². The predicted octanol–water partition coefficient (Wildman–Crippen LogP) is 1.96. The standard InChI is InChI=1S/C7H14ClN.C3H9N/c1-7(2)6-9-5-3-4-8;1-4(2)3/h9H,1,3-6H2,2H3;1-3H3. The first-order chi connectivity index (χ1) is 6.00. The minimum absolute atomic E-state index is 0.739.